The molecule has 1 aromatic heterocycles. The third-order valence-electron chi connectivity index (χ3n) is 8.69. The molecule has 2 aromatic rings. The van der Waals surface area contributed by atoms with Crippen LogP contribution < -0.4 is 15.9 Å². The Morgan fingerprint density at radius 3 is 1.82 bits per heavy atom. The summed E-state index contributed by atoms with van der Waals surface area (Å²) in [6.45, 7) is 39.3. The van der Waals surface area contributed by atoms with Gasteiger partial charge >= 0.3 is 5.97 Å². The van der Waals surface area contributed by atoms with E-state index >= 15 is 0 Å². The highest BCUT2D eigenvalue weighted by molar-refractivity contribution is 7.28. The van der Waals surface area contributed by atoms with Gasteiger partial charge in [-0.15, -0.1) is 9.24 Å². The molecule has 0 saturated heterocycles. The van der Waals surface area contributed by atoms with Crippen molar-refractivity contribution in [2.24, 2.45) is 16.7 Å². The summed E-state index contributed by atoms with van der Waals surface area (Å²) in [5.41, 5.74) is 7.38. The summed E-state index contributed by atoms with van der Waals surface area (Å²) in [5.74, 6) is -0.533. The molecule has 0 fully saturated rings. The van der Waals surface area contributed by atoms with E-state index in [0.717, 1.165) is 68.9 Å². The van der Waals surface area contributed by atoms with Crippen LogP contribution in [0.4, 0.5) is 0 Å². The van der Waals surface area contributed by atoms with Crippen LogP contribution in [0.2, 0.25) is 5.02 Å². The number of carboxylic acids is 1. The van der Waals surface area contributed by atoms with Crippen LogP contribution >= 0.6 is 20.8 Å². The minimum atomic E-state index is -0.902. The normalized spacial score (nSPS) is 13.4. The number of carboxylic acid groups (broad SMARTS) is 1. The fraction of sp³-hybridized carbons (Fsp3) is 0.560. The molecule has 1 aromatic carbocycles. The van der Waals surface area contributed by atoms with Gasteiger partial charge in [-0.25, -0.2) is 4.79 Å². The van der Waals surface area contributed by atoms with Crippen LogP contribution in [0.3, 0.4) is 0 Å². The summed E-state index contributed by atoms with van der Waals surface area (Å²) in [6, 6.07) is 7.92. The molecule has 2 rings (SSSR count). The SMILES string of the molecule is C=C(C)/C(C(=O)O)=C(C)\C=C(\C)CCC.CCCC.CCCC(C)(C)C.CCC\C=c1/cc(C(=O)C(C)C)o/c1=C(/C=C(\C)c1ccc(Cl)c(P)c1)C(C)(C)C. The van der Waals surface area contributed by atoms with E-state index in [4.69, 9.17) is 21.1 Å². The first-order valence-corrected chi connectivity index (χ1v) is 21.7. The number of hydrogen-bond acceptors (Lipinski definition) is 3. The third kappa shape index (κ3) is 22.1. The van der Waals surface area contributed by atoms with E-state index in [1.165, 1.54) is 31.3 Å². The Balaban J connectivity index is 0. The topological polar surface area (TPSA) is 67.5 Å². The molecule has 1 atom stereocenters. The molecular weight excluding hydrogens is 731 g/mol. The second-order valence-electron chi connectivity index (χ2n) is 17.3. The molecule has 316 valence electrons. The van der Waals surface area contributed by atoms with Gasteiger partial charge in [0.25, 0.3) is 0 Å². The van der Waals surface area contributed by atoms with Gasteiger partial charge in [0.15, 0.2) is 5.76 Å². The number of unbranched alkanes of at least 4 members (excludes halogenated alkanes) is 2. The second-order valence-corrected chi connectivity index (χ2v) is 18.4. The lowest BCUT2D eigenvalue weighted by Crippen LogP contribution is -2.27. The number of carbonyl (C=O) groups is 2. The van der Waals surface area contributed by atoms with E-state index in [9.17, 15) is 9.59 Å². The van der Waals surface area contributed by atoms with Gasteiger partial charge in [0.1, 0.15) is 5.42 Å². The second kappa shape index (κ2) is 27.7. The van der Waals surface area contributed by atoms with Gasteiger partial charge < -0.3 is 9.52 Å². The first-order valence-electron chi connectivity index (χ1n) is 20.7. The molecule has 1 N–H and O–H groups in total. The van der Waals surface area contributed by atoms with E-state index in [2.05, 4.69) is 117 Å². The lowest BCUT2D eigenvalue weighted by Gasteiger charge is -2.20. The zero-order valence-electron chi connectivity index (χ0n) is 38.6. The maximum Gasteiger partial charge on any atom is 0.336 e. The first-order chi connectivity index (χ1) is 25.8. The van der Waals surface area contributed by atoms with Gasteiger partial charge in [0.2, 0.25) is 5.78 Å². The standard InChI is InChI=1S/C26H34ClO2P.C13H20O2.C7H16.C4H10/c1-8-9-10-19-14-22(24(28)16(2)3)29-25(19)20(26(5,6)7)13-17(4)18-11-12-21(27)23(30)15-18;1-6-7-10(4)8-11(5)12(9(2)3)13(14)15;1-5-6-7(2,3)4;1-3-4-2/h10-16H,8-9,30H2,1-7H3;8H,2,6-7H2,1,3-5H3,(H,14,15);5-6H2,1-4H3;3-4H2,1-2H3/b17-13+,19-10+,25-20-;10-8-,12-11+;;. The average molecular weight is 812 g/mol. The van der Waals surface area contributed by atoms with E-state index in [-0.39, 0.29) is 17.1 Å². The number of ketones is 1. The molecule has 0 spiro atoms. The summed E-state index contributed by atoms with van der Waals surface area (Å²) in [7, 11) is 2.68. The number of carbonyl (C=O) groups excluding carboxylic acids is 1. The van der Waals surface area contributed by atoms with Crippen LogP contribution in [-0.2, 0) is 4.79 Å². The van der Waals surface area contributed by atoms with Gasteiger partial charge in [-0.3, -0.25) is 4.79 Å². The Kier molecular flexibility index (Phi) is 27.2. The number of benzene rings is 1. The highest BCUT2D eigenvalue weighted by atomic mass is 35.5. The number of halogens is 1. The van der Waals surface area contributed by atoms with Crippen LogP contribution in [0.5, 0.6) is 0 Å². The maximum absolute atomic E-state index is 12.6. The van der Waals surface area contributed by atoms with Crippen LogP contribution in [-0.4, -0.2) is 16.9 Å². The Morgan fingerprint density at radius 1 is 0.875 bits per heavy atom. The predicted molar refractivity (Wildman–Crippen MR) is 253 cm³/mol. The van der Waals surface area contributed by atoms with Gasteiger partial charge in [-0.05, 0) is 104 Å². The summed E-state index contributed by atoms with van der Waals surface area (Å²) in [6.07, 6.45) is 15.6. The quantitative estimate of drug-likeness (QED) is 0.0947. The molecule has 0 bridgehead atoms. The van der Waals surface area contributed by atoms with Crippen LogP contribution in [0, 0.1) is 16.7 Å². The molecule has 0 amide bonds. The molecular formula is C50H80ClO4P. The van der Waals surface area contributed by atoms with E-state index in [1.807, 2.05) is 52.0 Å². The van der Waals surface area contributed by atoms with Crippen molar-refractivity contribution in [1.29, 1.82) is 0 Å². The fourth-order valence-corrected chi connectivity index (χ4v) is 5.92. The molecule has 0 saturated carbocycles. The summed E-state index contributed by atoms with van der Waals surface area (Å²) < 4.78 is 6.22. The average Bonchev–Trinajstić information content (AvgIpc) is 3.49. The summed E-state index contributed by atoms with van der Waals surface area (Å²) in [4.78, 5) is 23.6. The van der Waals surface area contributed by atoms with Crippen molar-refractivity contribution in [3.63, 3.8) is 0 Å². The molecule has 0 aliphatic heterocycles. The maximum atomic E-state index is 12.6. The molecule has 1 heterocycles. The number of furan rings is 1. The summed E-state index contributed by atoms with van der Waals surface area (Å²) in [5, 5.41) is 11.7. The highest BCUT2D eigenvalue weighted by Gasteiger charge is 2.22. The van der Waals surface area contributed by atoms with Gasteiger partial charge in [0.05, 0.1) is 5.57 Å². The number of allylic oxidation sites excluding steroid dienone is 5. The minimum Gasteiger partial charge on any atom is -0.478 e. The zero-order valence-corrected chi connectivity index (χ0v) is 40.5. The van der Waals surface area contributed by atoms with Gasteiger partial charge in [-0.1, -0.05) is 170 Å². The molecule has 0 aliphatic carbocycles. The minimum absolute atomic E-state index is 0.0340. The van der Waals surface area contributed by atoms with Crippen molar-refractivity contribution in [3.8, 4) is 0 Å². The Bertz CT molecular complexity index is 1730. The number of aliphatic carboxylic acids is 1. The molecule has 0 aliphatic rings. The van der Waals surface area contributed by atoms with Crippen molar-refractivity contribution >= 4 is 55.1 Å². The fourth-order valence-electron chi connectivity index (χ4n) is 5.53. The highest BCUT2D eigenvalue weighted by Crippen LogP contribution is 2.30. The largest absolute Gasteiger partial charge is 0.478 e. The van der Waals surface area contributed by atoms with Gasteiger partial charge in [-0.2, -0.15) is 0 Å². The molecule has 4 nitrogen and oxygen atoms in total. The predicted octanol–water partition coefficient (Wildman–Crippen LogP) is 14.5. The van der Waals surface area contributed by atoms with Crippen molar-refractivity contribution in [2.45, 2.75) is 169 Å². The molecule has 6 heteroatoms. The van der Waals surface area contributed by atoms with E-state index < -0.39 is 5.97 Å². The first kappa shape index (κ1) is 55.2. The third-order valence-corrected chi connectivity index (χ3v) is 9.69. The van der Waals surface area contributed by atoms with Crippen molar-refractivity contribution in [3.05, 3.63) is 92.3 Å². The molecule has 1 unspecified atom stereocenters. The van der Waals surface area contributed by atoms with Gasteiger partial charge in [0, 0.05) is 21.7 Å². The Morgan fingerprint density at radius 2 is 1.45 bits per heavy atom. The van der Waals surface area contributed by atoms with Crippen LogP contribution in [0.25, 0.3) is 17.2 Å². The number of hydrogen-bond donors (Lipinski definition) is 1. The number of rotatable bonds is 13. The van der Waals surface area contributed by atoms with Crippen LogP contribution in [0.1, 0.15) is 185 Å². The molecule has 0 radical (unpaired) electrons. The van der Waals surface area contributed by atoms with Crippen LogP contribution in [0.15, 0.2) is 69.7 Å². The lowest BCUT2D eigenvalue weighted by atomic mass is 9.84. The van der Waals surface area contributed by atoms with Crippen molar-refractivity contribution in [1.82, 2.24) is 0 Å². The van der Waals surface area contributed by atoms with E-state index in [0.29, 0.717) is 22.3 Å². The van der Waals surface area contributed by atoms with E-state index in [1.54, 1.807) is 6.92 Å². The molecule has 56 heavy (non-hydrogen) atoms. The monoisotopic (exact) mass is 811 g/mol. The van der Waals surface area contributed by atoms with Crippen molar-refractivity contribution in [2.75, 3.05) is 0 Å². The lowest BCUT2D eigenvalue weighted by molar-refractivity contribution is -0.132. The number of Topliss-reactive ketones (excluding diaryl/α,β-unsaturated/α-hetero) is 1. The Hall–Kier alpha value is -2.94. The van der Waals surface area contributed by atoms with Crippen molar-refractivity contribution < 1.29 is 19.1 Å². The zero-order chi connectivity index (χ0) is 44.0. The smallest absolute Gasteiger partial charge is 0.336 e. The summed E-state index contributed by atoms with van der Waals surface area (Å²) >= 11 is 6.19. The Labute approximate surface area is 351 Å².